The smallest absolute Gasteiger partial charge is 0.330 e. The summed E-state index contributed by atoms with van der Waals surface area (Å²) in [6.07, 6.45) is 4.09. The van der Waals surface area contributed by atoms with Gasteiger partial charge in [0.15, 0.2) is 0 Å². The molecule has 0 amide bonds. The SMILES string of the molecule is C=CC(=O)OCC1OC1CCCCO. The van der Waals surface area contributed by atoms with Crippen molar-refractivity contribution in [2.75, 3.05) is 13.2 Å². The summed E-state index contributed by atoms with van der Waals surface area (Å²) in [6.45, 7) is 3.83. The number of carbonyl (C=O) groups excluding carboxylic acids is 1. The standard InChI is InChI=1S/C10H16O4/c1-2-10(12)13-7-9-8(14-9)5-3-4-6-11/h2,8-9,11H,1,3-7H2. The van der Waals surface area contributed by atoms with Crippen molar-refractivity contribution in [2.45, 2.75) is 31.5 Å². The van der Waals surface area contributed by atoms with Gasteiger partial charge in [0, 0.05) is 12.7 Å². The zero-order chi connectivity index (χ0) is 10.4. The molecular formula is C10H16O4. The van der Waals surface area contributed by atoms with Gasteiger partial charge in [-0.2, -0.15) is 0 Å². The van der Waals surface area contributed by atoms with E-state index in [1.165, 1.54) is 0 Å². The van der Waals surface area contributed by atoms with Gasteiger partial charge in [0.2, 0.25) is 0 Å². The Kier molecular flexibility index (Phi) is 4.62. The highest BCUT2D eigenvalue weighted by molar-refractivity contribution is 5.81. The number of ether oxygens (including phenoxy) is 2. The van der Waals surface area contributed by atoms with Gasteiger partial charge < -0.3 is 14.6 Å². The summed E-state index contributed by atoms with van der Waals surface area (Å²) in [6, 6.07) is 0. The van der Waals surface area contributed by atoms with Gasteiger partial charge in [0.25, 0.3) is 0 Å². The highest BCUT2D eigenvalue weighted by atomic mass is 16.6. The molecule has 4 nitrogen and oxygen atoms in total. The van der Waals surface area contributed by atoms with Crippen molar-refractivity contribution in [1.29, 1.82) is 0 Å². The number of rotatable bonds is 7. The quantitative estimate of drug-likeness (QED) is 0.283. The Labute approximate surface area is 83.5 Å². The Morgan fingerprint density at radius 2 is 2.29 bits per heavy atom. The van der Waals surface area contributed by atoms with Gasteiger partial charge in [-0.15, -0.1) is 0 Å². The van der Waals surface area contributed by atoms with Crippen molar-refractivity contribution in [3.05, 3.63) is 12.7 Å². The molecule has 80 valence electrons. The molecule has 0 aromatic rings. The number of aliphatic hydroxyl groups is 1. The van der Waals surface area contributed by atoms with Gasteiger partial charge in [-0.25, -0.2) is 4.79 Å². The van der Waals surface area contributed by atoms with Crippen LogP contribution in [0.15, 0.2) is 12.7 Å². The van der Waals surface area contributed by atoms with Crippen LogP contribution in [0.2, 0.25) is 0 Å². The van der Waals surface area contributed by atoms with Gasteiger partial charge in [-0.05, 0) is 19.3 Å². The molecule has 0 bridgehead atoms. The minimum Gasteiger partial charge on any atom is -0.460 e. The number of esters is 1. The molecule has 1 aliphatic heterocycles. The summed E-state index contributed by atoms with van der Waals surface area (Å²) in [5.41, 5.74) is 0. The van der Waals surface area contributed by atoms with Gasteiger partial charge in [-0.3, -0.25) is 0 Å². The lowest BCUT2D eigenvalue weighted by atomic mass is 10.1. The first kappa shape index (κ1) is 11.2. The van der Waals surface area contributed by atoms with E-state index in [4.69, 9.17) is 14.6 Å². The number of hydrogen-bond acceptors (Lipinski definition) is 4. The number of unbranched alkanes of at least 4 members (excludes halogenated alkanes) is 1. The molecule has 4 heteroatoms. The van der Waals surface area contributed by atoms with Gasteiger partial charge in [0.05, 0.1) is 6.10 Å². The van der Waals surface area contributed by atoms with Gasteiger partial charge in [0.1, 0.15) is 12.7 Å². The van der Waals surface area contributed by atoms with Crippen LogP contribution in [-0.2, 0) is 14.3 Å². The molecule has 0 aliphatic carbocycles. The topological polar surface area (TPSA) is 59.1 Å². The molecule has 0 aromatic carbocycles. The maximum absolute atomic E-state index is 10.7. The molecule has 1 heterocycles. The fourth-order valence-electron chi connectivity index (χ4n) is 1.26. The normalized spacial score (nSPS) is 24.4. The molecule has 0 saturated carbocycles. The van der Waals surface area contributed by atoms with Crippen LogP contribution < -0.4 is 0 Å². The number of epoxide rings is 1. The molecule has 1 rings (SSSR count). The first-order valence-corrected chi connectivity index (χ1v) is 4.83. The summed E-state index contributed by atoms with van der Waals surface area (Å²) >= 11 is 0. The second-order valence-electron chi connectivity index (χ2n) is 3.27. The fraction of sp³-hybridized carbons (Fsp3) is 0.700. The van der Waals surface area contributed by atoms with E-state index >= 15 is 0 Å². The first-order chi connectivity index (χ1) is 6.77. The summed E-state index contributed by atoms with van der Waals surface area (Å²) in [5.74, 6) is -0.408. The zero-order valence-electron chi connectivity index (χ0n) is 8.15. The van der Waals surface area contributed by atoms with Crippen LogP contribution in [0.25, 0.3) is 0 Å². The molecule has 0 aromatic heterocycles. The summed E-state index contributed by atoms with van der Waals surface area (Å²) < 4.78 is 10.1. The molecule has 2 unspecified atom stereocenters. The molecule has 1 N–H and O–H groups in total. The first-order valence-electron chi connectivity index (χ1n) is 4.83. The van der Waals surface area contributed by atoms with Crippen LogP contribution in [0.5, 0.6) is 0 Å². The van der Waals surface area contributed by atoms with Crippen LogP contribution in [0, 0.1) is 0 Å². The maximum Gasteiger partial charge on any atom is 0.330 e. The Balaban J connectivity index is 1.97. The summed E-state index contributed by atoms with van der Waals surface area (Å²) in [4.78, 5) is 10.7. The summed E-state index contributed by atoms with van der Waals surface area (Å²) in [5, 5.41) is 8.55. The molecule has 0 radical (unpaired) electrons. The lowest BCUT2D eigenvalue weighted by Gasteiger charge is -1.97. The number of aliphatic hydroxyl groups excluding tert-OH is 1. The fourth-order valence-corrected chi connectivity index (χ4v) is 1.26. The van der Waals surface area contributed by atoms with E-state index in [1.807, 2.05) is 0 Å². The molecule has 14 heavy (non-hydrogen) atoms. The van der Waals surface area contributed by atoms with E-state index in [1.54, 1.807) is 0 Å². The van der Waals surface area contributed by atoms with E-state index in [0.29, 0.717) is 6.61 Å². The molecule has 1 fully saturated rings. The van der Waals surface area contributed by atoms with Crippen molar-refractivity contribution >= 4 is 5.97 Å². The van der Waals surface area contributed by atoms with Crippen LogP contribution in [0.4, 0.5) is 0 Å². The summed E-state index contributed by atoms with van der Waals surface area (Å²) in [7, 11) is 0. The molecule has 2 atom stereocenters. The van der Waals surface area contributed by atoms with E-state index in [2.05, 4.69) is 6.58 Å². The van der Waals surface area contributed by atoms with Crippen LogP contribution >= 0.6 is 0 Å². The maximum atomic E-state index is 10.7. The van der Waals surface area contributed by atoms with Crippen LogP contribution in [-0.4, -0.2) is 36.5 Å². The molecule has 1 aliphatic rings. The minimum absolute atomic E-state index is 0.0533. The van der Waals surface area contributed by atoms with E-state index < -0.39 is 5.97 Å². The number of carbonyl (C=O) groups is 1. The largest absolute Gasteiger partial charge is 0.460 e. The Hall–Kier alpha value is -0.870. The highest BCUT2D eigenvalue weighted by Gasteiger charge is 2.38. The highest BCUT2D eigenvalue weighted by Crippen LogP contribution is 2.27. The monoisotopic (exact) mass is 200 g/mol. The minimum atomic E-state index is -0.408. The van der Waals surface area contributed by atoms with Crippen molar-refractivity contribution in [2.24, 2.45) is 0 Å². The third-order valence-corrected chi connectivity index (χ3v) is 2.14. The van der Waals surface area contributed by atoms with Crippen molar-refractivity contribution < 1.29 is 19.4 Å². The Morgan fingerprint density at radius 1 is 1.50 bits per heavy atom. The predicted molar refractivity (Wildman–Crippen MR) is 50.8 cm³/mol. The van der Waals surface area contributed by atoms with E-state index in [9.17, 15) is 4.79 Å². The molecular weight excluding hydrogens is 184 g/mol. The average molecular weight is 200 g/mol. The average Bonchev–Trinajstić information content (AvgIpc) is 2.94. The van der Waals surface area contributed by atoms with Crippen LogP contribution in [0.3, 0.4) is 0 Å². The lowest BCUT2D eigenvalue weighted by Crippen LogP contribution is -2.09. The third kappa shape index (κ3) is 3.89. The van der Waals surface area contributed by atoms with Crippen LogP contribution in [0.1, 0.15) is 19.3 Å². The predicted octanol–water partition coefficient (Wildman–Crippen LogP) is 0.646. The molecule has 1 saturated heterocycles. The van der Waals surface area contributed by atoms with Crippen molar-refractivity contribution in [3.63, 3.8) is 0 Å². The Bertz CT molecular complexity index is 202. The number of hydrogen-bond donors (Lipinski definition) is 1. The van der Waals surface area contributed by atoms with E-state index in [-0.39, 0.29) is 18.8 Å². The zero-order valence-corrected chi connectivity index (χ0v) is 8.15. The van der Waals surface area contributed by atoms with E-state index in [0.717, 1.165) is 25.3 Å². The Morgan fingerprint density at radius 3 is 2.93 bits per heavy atom. The van der Waals surface area contributed by atoms with Gasteiger partial charge in [-0.1, -0.05) is 6.58 Å². The van der Waals surface area contributed by atoms with Crippen molar-refractivity contribution in [1.82, 2.24) is 0 Å². The lowest BCUT2D eigenvalue weighted by molar-refractivity contribution is -0.138. The third-order valence-electron chi connectivity index (χ3n) is 2.14. The molecule has 0 spiro atoms. The second kappa shape index (κ2) is 5.78. The second-order valence-corrected chi connectivity index (χ2v) is 3.27. The van der Waals surface area contributed by atoms with Crippen molar-refractivity contribution in [3.8, 4) is 0 Å². The van der Waals surface area contributed by atoms with Gasteiger partial charge >= 0.3 is 5.97 Å².